The maximum atomic E-state index is 12.2. The van der Waals surface area contributed by atoms with Gasteiger partial charge < -0.3 is 10.6 Å². The molecule has 0 aliphatic heterocycles. The summed E-state index contributed by atoms with van der Waals surface area (Å²) in [6.45, 7) is 0. The fourth-order valence-corrected chi connectivity index (χ4v) is 2.53. The number of hydrogen-bond acceptors (Lipinski definition) is 3. The van der Waals surface area contributed by atoms with Crippen LogP contribution in [0.3, 0.4) is 0 Å². The van der Waals surface area contributed by atoms with Crippen LogP contribution in [0.25, 0.3) is 0 Å². The summed E-state index contributed by atoms with van der Waals surface area (Å²) in [6, 6.07) is 15.4. The Hall–Kier alpha value is -2.84. The first kappa shape index (κ1) is 16.0. The number of nitrogens with one attached hydrogen (secondary N) is 2. The number of carbonyl (C=O) groups is 2. The number of anilines is 2. The van der Waals surface area contributed by atoms with E-state index < -0.39 is 0 Å². The van der Waals surface area contributed by atoms with Gasteiger partial charge in [-0.3, -0.25) is 9.59 Å². The minimum atomic E-state index is -0.326. The average Bonchev–Trinajstić information content (AvgIpc) is 3.38. The summed E-state index contributed by atoms with van der Waals surface area (Å²) in [7, 11) is 0. The minimum absolute atomic E-state index is 0.169. The first-order chi connectivity index (χ1) is 11.6. The zero-order valence-corrected chi connectivity index (χ0v) is 13.4. The van der Waals surface area contributed by atoms with Crippen molar-refractivity contribution in [2.24, 2.45) is 11.8 Å². The summed E-state index contributed by atoms with van der Waals surface area (Å²) in [6.07, 6.45) is 0.529. The van der Waals surface area contributed by atoms with E-state index >= 15 is 0 Å². The van der Waals surface area contributed by atoms with Crippen molar-refractivity contribution in [1.82, 2.24) is 0 Å². The molecule has 2 amide bonds. The lowest BCUT2D eigenvalue weighted by atomic mass is 10.2. The third-order valence-corrected chi connectivity index (χ3v) is 4.11. The summed E-state index contributed by atoms with van der Waals surface area (Å²) >= 11 is 5.80. The summed E-state index contributed by atoms with van der Waals surface area (Å²) in [5.41, 5.74) is 1.80. The Morgan fingerprint density at radius 2 is 1.38 bits per heavy atom. The molecule has 0 heterocycles. The normalized spacial score (nSPS) is 18.3. The lowest BCUT2D eigenvalue weighted by molar-refractivity contribution is -0.122. The molecule has 2 N–H and O–H groups in total. The minimum Gasteiger partial charge on any atom is -0.326 e. The van der Waals surface area contributed by atoms with Gasteiger partial charge in [0.25, 0.3) is 0 Å². The molecule has 2 atom stereocenters. The largest absolute Gasteiger partial charge is 0.326 e. The van der Waals surface area contributed by atoms with Gasteiger partial charge in [-0.1, -0.05) is 11.6 Å². The Kier molecular flexibility index (Phi) is 4.50. The number of carbonyl (C=O) groups excluding carboxylic acids is 2. The Bertz CT molecular complexity index is 810. The van der Waals surface area contributed by atoms with E-state index in [0.717, 1.165) is 0 Å². The monoisotopic (exact) mass is 339 g/mol. The molecule has 120 valence electrons. The highest BCUT2D eigenvalue weighted by Crippen LogP contribution is 2.40. The highest BCUT2D eigenvalue weighted by atomic mass is 35.5. The molecule has 2 aromatic carbocycles. The van der Waals surface area contributed by atoms with Crippen LogP contribution in [0.5, 0.6) is 0 Å². The molecule has 0 bridgehead atoms. The fourth-order valence-electron chi connectivity index (χ4n) is 2.41. The van der Waals surface area contributed by atoms with Crippen LogP contribution in [0.15, 0.2) is 48.5 Å². The third-order valence-electron chi connectivity index (χ3n) is 3.86. The molecule has 0 aromatic heterocycles. The van der Waals surface area contributed by atoms with Gasteiger partial charge in [0.1, 0.15) is 0 Å². The van der Waals surface area contributed by atoms with Crippen molar-refractivity contribution in [2.75, 3.05) is 10.6 Å². The molecule has 1 fully saturated rings. The van der Waals surface area contributed by atoms with E-state index in [1.54, 1.807) is 48.5 Å². The SMILES string of the molecule is N#Cc1ccc(NC(=O)C2CC2C(=O)Nc2ccc(Cl)cc2)cc1. The van der Waals surface area contributed by atoms with E-state index in [1.165, 1.54) is 0 Å². The van der Waals surface area contributed by atoms with Gasteiger partial charge in [0, 0.05) is 16.4 Å². The first-order valence-electron chi connectivity index (χ1n) is 7.44. The molecule has 0 saturated heterocycles. The lowest BCUT2D eigenvalue weighted by Gasteiger charge is -2.06. The van der Waals surface area contributed by atoms with Crippen LogP contribution in [0.1, 0.15) is 12.0 Å². The van der Waals surface area contributed by atoms with Crippen molar-refractivity contribution < 1.29 is 9.59 Å². The molecular formula is C18H14ClN3O2. The van der Waals surface area contributed by atoms with Gasteiger partial charge >= 0.3 is 0 Å². The summed E-state index contributed by atoms with van der Waals surface area (Å²) in [5, 5.41) is 14.9. The molecule has 2 unspecified atom stereocenters. The van der Waals surface area contributed by atoms with E-state index in [0.29, 0.717) is 28.4 Å². The standard InChI is InChI=1S/C18H14ClN3O2/c19-12-3-7-14(8-4-12)22-18(24)16-9-15(16)17(23)21-13-5-1-11(10-20)2-6-13/h1-8,15-16H,9H2,(H,21,23)(H,22,24). The molecule has 1 aliphatic rings. The van der Waals surface area contributed by atoms with Crippen LogP contribution >= 0.6 is 11.6 Å². The number of benzene rings is 2. The van der Waals surface area contributed by atoms with Gasteiger partial charge in [0.2, 0.25) is 11.8 Å². The molecule has 1 aliphatic carbocycles. The molecular weight excluding hydrogens is 326 g/mol. The first-order valence-corrected chi connectivity index (χ1v) is 7.82. The second kappa shape index (κ2) is 6.73. The molecule has 2 aromatic rings. The van der Waals surface area contributed by atoms with Crippen molar-refractivity contribution in [3.05, 3.63) is 59.1 Å². The second-order valence-electron chi connectivity index (χ2n) is 5.62. The van der Waals surface area contributed by atoms with Crippen molar-refractivity contribution >= 4 is 34.8 Å². The van der Waals surface area contributed by atoms with Gasteiger partial charge in [-0.05, 0) is 55.0 Å². The summed E-state index contributed by atoms with van der Waals surface area (Å²) in [5.74, 6) is -1.000. The highest BCUT2D eigenvalue weighted by Gasteiger charge is 2.48. The van der Waals surface area contributed by atoms with Crippen LogP contribution in [-0.4, -0.2) is 11.8 Å². The molecule has 5 nitrogen and oxygen atoms in total. The quantitative estimate of drug-likeness (QED) is 0.895. The number of nitrogens with zero attached hydrogens (tertiary/aromatic N) is 1. The summed E-state index contributed by atoms with van der Waals surface area (Å²) < 4.78 is 0. The molecule has 3 rings (SSSR count). The van der Waals surface area contributed by atoms with Crippen LogP contribution < -0.4 is 10.6 Å². The molecule has 0 radical (unpaired) electrons. The predicted octanol–water partition coefficient (Wildman–Crippen LogP) is 3.42. The van der Waals surface area contributed by atoms with Crippen molar-refractivity contribution in [2.45, 2.75) is 6.42 Å². The third kappa shape index (κ3) is 3.73. The molecule has 1 saturated carbocycles. The van der Waals surface area contributed by atoms with Gasteiger partial charge in [0.15, 0.2) is 0 Å². The molecule has 6 heteroatoms. The number of amides is 2. The van der Waals surface area contributed by atoms with Crippen LogP contribution in [-0.2, 0) is 9.59 Å². The van der Waals surface area contributed by atoms with E-state index in [2.05, 4.69) is 10.6 Å². The zero-order valence-electron chi connectivity index (χ0n) is 12.6. The average molecular weight is 340 g/mol. The highest BCUT2D eigenvalue weighted by molar-refractivity contribution is 6.30. The number of hydrogen-bond donors (Lipinski definition) is 2. The fraction of sp³-hybridized carbons (Fsp3) is 0.167. The lowest BCUT2D eigenvalue weighted by Crippen LogP contribution is -2.20. The smallest absolute Gasteiger partial charge is 0.228 e. The van der Waals surface area contributed by atoms with Gasteiger partial charge in [-0.15, -0.1) is 0 Å². The van der Waals surface area contributed by atoms with Crippen LogP contribution in [0.2, 0.25) is 5.02 Å². The van der Waals surface area contributed by atoms with E-state index in [9.17, 15) is 9.59 Å². The topological polar surface area (TPSA) is 82.0 Å². The summed E-state index contributed by atoms with van der Waals surface area (Å²) in [4.78, 5) is 24.3. The van der Waals surface area contributed by atoms with Crippen LogP contribution in [0.4, 0.5) is 11.4 Å². The maximum Gasteiger partial charge on any atom is 0.228 e. The van der Waals surface area contributed by atoms with Crippen molar-refractivity contribution in [3.63, 3.8) is 0 Å². The zero-order chi connectivity index (χ0) is 17.1. The Morgan fingerprint density at radius 1 is 0.917 bits per heavy atom. The number of nitriles is 1. The van der Waals surface area contributed by atoms with E-state index in [1.807, 2.05) is 6.07 Å². The Balaban J connectivity index is 1.53. The second-order valence-corrected chi connectivity index (χ2v) is 6.06. The maximum absolute atomic E-state index is 12.2. The van der Waals surface area contributed by atoms with E-state index in [4.69, 9.17) is 16.9 Å². The number of halogens is 1. The molecule has 24 heavy (non-hydrogen) atoms. The Labute approximate surface area is 144 Å². The van der Waals surface area contributed by atoms with Gasteiger partial charge in [-0.2, -0.15) is 5.26 Å². The number of rotatable bonds is 4. The molecule has 0 spiro atoms. The van der Waals surface area contributed by atoms with E-state index in [-0.39, 0.29) is 23.7 Å². The van der Waals surface area contributed by atoms with Crippen molar-refractivity contribution in [1.29, 1.82) is 5.26 Å². The predicted molar refractivity (Wildman–Crippen MR) is 91.5 cm³/mol. The van der Waals surface area contributed by atoms with Gasteiger partial charge in [-0.25, -0.2) is 0 Å². The van der Waals surface area contributed by atoms with Gasteiger partial charge in [0.05, 0.1) is 23.5 Å². The Morgan fingerprint density at radius 3 is 1.83 bits per heavy atom. The van der Waals surface area contributed by atoms with Crippen molar-refractivity contribution in [3.8, 4) is 6.07 Å². The van der Waals surface area contributed by atoms with Crippen LogP contribution in [0, 0.1) is 23.2 Å².